The van der Waals surface area contributed by atoms with Crippen molar-refractivity contribution >= 4 is 47.4 Å². The van der Waals surface area contributed by atoms with Gasteiger partial charge in [-0.15, -0.1) is 12.4 Å². The average Bonchev–Trinajstić information content (AvgIpc) is 3.57. The van der Waals surface area contributed by atoms with Gasteiger partial charge in [0.25, 0.3) is 11.8 Å². The van der Waals surface area contributed by atoms with Gasteiger partial charge in [-0.3, -0.25) is 9.59 Å². The molecule has 0 radical (unpaired) electrons. The molecule has 43 heavy (non-hydrogen) atoms. The Labute approximate surface area is 269 Å². The number of hydrogen-bond acceptors (Lipinski definition) is 4. The fraction of sp³-hybridized carbons (Fsp3) is 0.294. The zero-order chi connectivity index (χ0) is 29.5. The van der Waals surface area contributed by atoms with Crippen LogP contribution in [-0.4, -0.2) is 54.8 Å². The van der Waals surface area contributed by atoms with E-state index in [1.165, 1.54) is 6.26 Å². The molecule has 4 aromatic rings. The molecule has 0 spiro atoms. The number of amides is 2. The monoisotopic (exact) mass is 639 g/mol. The van der Waals surface area contributed by atoms with Gasteiger partial charge < -0.3 is 19.5 Å². The van der Waals surface area contributed by atoms with Crippen molar-refractivity contribution in [3.8, 4) is 0 Å². The second kappa shape index (κ2) is 14.9. The van der Waals surface area contributed by atoms with E-state index in [1.807, 2.05) is 73.8 Å². The zero-order valence-electron chi connectivity index (χ0n) is 24.0. The van der Waals surface area contributed by atoms with Gasteiger partial charge in [0.05, 0.1) is 21.8 Å². The number of likely N-dealkylation sites (tertiary alicyclic amines) is 1. The summed E-state index contributed by atoms with van der Waals surface area (Å²) in [6.07, 6.45) is 3.89. The van der Waals surface area contributed by atoms with Crippen LogP contribution >= 0.6 is 35.6 Å². The summed E-state index contributed by atoms with van der Waals surface area (Å²) in [6, 6.07) is 28.7. The number of likely N-dealkylation sites (N-methyl/N-ethyl adjacent to an activating group) is 1. The Morgan fingerprint density at radius 1 is 0.930 bits per heavy atom. The summed E-state index contributed by atoms with van der Waals surface area (Å²) in [4.78, 5) is 30.4. The van der Waals surface area contributed by atoms with E-state index in [4.69, 9.17) is 27.6 Å². The van der Waals surface area contributed by atoms with Crippen LogP contribution in [0.3, 0.4) is 0 Å². The van der Waals surface area contributed by atoms with Crippen LogP contribution in [-0.2, 0) is 5.54 Å². The molecular weight excluding hydrogens is 605 g/mol. The number of nitrogens with one attached hydrogen (secondary N) is 1. The molecule has 1 atom stereocenters. The molecule has 0 aliphatic carbocycles. The first-order chi connectivity index (χ1) is 20.3. The topological polar surface area (TPSA) is 65.8 Å². The van der Waals surface area contributed by atoms with E-state index in [2.05, 4.69) is 22.3 Å². The summed E-state index contributed by atoms with van der Waals surface area (Å²) in [5.41, 5.74) is 2.34. The van der Waals surface area contributed by atoms with Gasteiger partial charge in [-0.1, -0.05) is 77.8 Å². The number of benzene rings is 3. The Morgan fingerprint density at radius 3 is 2.23 bits per heavy atom. The third kappa shape index (κ3) is 8.01. The average molecular weight is 641 g/mol. The van der Waals surface area contributed by atoms with Gasteiger partial charge in [-0.05, 0) is 73.3 Å². The molecule has 1 aliphatic heterocycles. The van der Waals surface area contributed by atoms with Crippen LogP contribution in [0, 0.1) is 0 Å². The summed E-state index contributed by atoms with van der Waals surface area (Å²) in [7, 11) is 1.84. The molecule has 226 valence electrons. The quantitative estimate of drug-likeness (QED) is 0.193. The van der Waals surface area contributed by atoms with Crippen LogP contribution in [0.15, 0.2) is 102 Å². The number of carbonyl (C=O) groups is 2. The molecule has 2 heterocycles. The first kappa shape index (κ1) is 32.6. The number of carbonyl (C=O) groups excluding carboxylic acids is 2. The number of halogens is 3. The molecule has 2 amide bonds. The van der Waals surface area contributed by atoms with E-state index in [9.17, 15) is 9.59 Å². The Kier molecular flexibility index (Phi) is 11.3. The van der Waals surface area contributed by atoms with Gasteiger partial charge >= 0.3 is 0 Å². The first-order valence-corrected chi connectivity index (χ1v) is 15.0. The SMILES string of the molecule is CN(CC(CCN1CCC(NC(=O)c2ccco2)(c2ccccc2)CC1)c1ccc(Cl)c(Cl)c1)C(=O)c1ccccc1.Cl. The van der Waals surface area contributed by atoms with Crippen LogP contribution in [0.2, 0.25) is 10.0 Å². The Hall–Kier alpha value is -3.29. The molecular formula is C34H36Cl3N3O3. The Bertz CT molecular complexity index is 1470. The summed E-state index contributed by atoms with van der Waals surface area (Å²) < 4.78 is 5.37. The molecule has 5 rings (SSSR count). The number of nitrogens with zero attached hydrogens (tertiary/aromatic N) is 2. The molecule has 1 aromatic heterocycles. The molecule has 0 saturated carbocycles. The van der Waals surface area contributed by atoms with Crippen molar-refractivity contribution in [2.45, 2.75) is 30.7 Å². The molecule has 6 nitrogen and oxygen atoms in total. The van der Waals surface area contributed by atoms with E-state index in [0.29, 0.717) is 27.9 Å². The van der Waals surface area contributed by atoms with Crippen LogP contribution in [0.25, 0.3) is 0 Å². The highest BCUT2D eigenvalue weighted by molar-refractivity contribution is 6.42. The number of rotatable bonds is 10. The number of piperidine rings is 1. The lowest BCUT2D eigenvalue weighted by Gasteiger charge is -2.43. The van der Waals surface area contributed by atoms with Gasteiger partial charge in [-0.2, -0.15) is 0 Å². The van der Waals surface area contributed by atoms with Gasteiger partial charge in [0, 0.05) is 38.2 Å². The molecule has 1 N–H and O–H groups in total. The molecule has 1 unspecified atom stereocenters. The van der Waals surface area contributed by atoms with Crippen LogP contribution in [0.1, 0.15) is 57.2 Å². The van der Waals surface area contributed by atoms with Gasteiger partial charge in [-0.25, -0.2) is 0 Å². The molecule has 1 aliphatic rings. The van der Waals surface area contributed by atoms with Gasteiger partial charge in [0.2, 0.25) is 0 Å². The highest BCUT2D eigenvalue weighted by Crippen LogP contribution is 2.35. The van der Waals surface area contributed by atoms with E-state index < -0.39 is 5.54 Å². The van der Waals surface area contributed by atoms with Crippen LogP contribution in [0.5, 0.6) is 0 Å². The first-order valence-electron chi connectivity index (χ1n) is 14.2. The predicted octanol–water partition coefficient (Wildman–Crippen LogP) is 7.68. The molecule has 1 fully saturated rings. The molecule has 9 heteroatoms. The van der Waals surface area contributed by atoms with E-state index >= 15 is 0 Å². The molecule has 1 saturated heterocycles. The van der Waals surface area contributed by atoms with Crippen molar-refractivity contribution < 1.29 is 14.0 Å². The molecule has 3 aromatic carbocycles. The minimum atomic E-state index is -0.479. The van der Waals surface area contributed by atoms with Crippen LogP contribution < -0.4 is 5.32 Å². The second-order valence-corrected chi connectivity index (χ2v) is 11.7. The summed E-state index contributed by atoms with van der Waals surface area (Å²) in [5.74, 6) is 0.157. The lowest BCUT2D eigenvalue weighted by Crippen LogP contribution is -2.53. The van der Waals surface area contributed by atoms with E-state index in [1.54, 1.807) is 17.0 Å². The van der Waals surface area contributed by atoms with Crippen molar-refractivity contribution in [3.05, 3.63) is 130 Å². The highest BCUT2D eigenvalue weighted by atomic mass is 35.5. The van der Waals surface area contributed by atoms with Crippen LogP contribution in [0.4, 0.5) is 0 Å². The van der Waals surface area contributed by atoms with Crippen molar-refractivity contribution in [1.82, 2.24) is 15.1 Å². The fourth-order valence-corrected chi connectivity index (χ4v) is 6.08. The third-order valence-electron chi connectivity index (χ3n) is 8.20. The Morgan fingerprint density at radius 2 is 1.60 bits per heavy atom. The van der Waals surface area contributed by atoms with E-state index in [-0.39, 0.29) is 30.1 Å². The third-order valence-corrected chi connectivity index (χ3v) is 8.94. The number of hydrogen-bond donors (Lipinski definition) is 1. The summed E-state index contributed by atoms with van der Waals surface area (Å²) in [6.45, 7) is 3.03. The van der Waals surface area contributed by atoms with Crippen molar-refractivity contribution in [2.24, 2.45) is 0 Å². The largest absolute Gasteiger partial charge is 0.459 e. The van der Waals surface area contributed by atoms with Gasteiger partial charge in [0.15, 0.2) is 5.76 Å². The second-order valence-electron chi connectivity index (χ2n) is 10.9. The fourth-order valence-electron chi connectivity index (χ4n) is 5.77. The maximum Gasteiger partial charge on any atom is 0.287 e. The predicted molar refractivity (Wildman–Crippen MR) is 174 cm³/mol. The smallest absolute Gasteiger partial charge is 0.287 e. The lowest BCUT2D eigenvalue weighted by molar-refractivity contribution is 0.0749. The minimum Gasteiger partial charge on any atom is -0.459 e. The van der Waals surface area contributed by atoms with Crippen molar-refractivity contribution in [3.63, 3.8) is 0 Å². The van der Waals surface area contributed by atoms with Crippen molar-refractivity contribution in [2.75, 3.05) is 33.2 Å². The number of furan rings is 1. The van der Waals surface area contributed by atoms with Gasteiger partial charge in [0.1, 0.15) is 0 Å². The minimum absolute atomic E-state index is 0. The summed E-state index contributed by atoms with van der Waals surface area (Å²) in [5, 5.41) is 4.32. The highest BCUT2D eigenvalue weighted by Gasteiger charge is 2.38. The summed E-state index contributed by atoms with van der Waals surface area (Å²) >= 11 is 12.6. The zero-order valence-corrected chi connectivity index (χ0v) is 26.4. The van der Waals surface area contributed by atoms with Crippen molar-refractivity contribution in [1.29, 1.82) is 0 Å². The maximum absolute atomic E-state index is 13.1. The van der Waals surface area contributed by atoms with E-state index in [0.717, 1.165) is 50.0 Å². The Balaban J connectivity index is 0.00000423. The standard InChI is InChI=1S/C34H35Cl2N3O3.ClH/c1-38(33(41)25-9-4-2-5-10-25)24-27(26-14-15-29(35)30(36)23-26)16-19-39-20-17-34(18-21-39,28-11-6-3-7-12-28)37-32(40)31-13-8-22-42-31;/h2-15,22-23,27H,16-21,24H2,1H3,(H,37,40);1H. The molecule has 0 bridgehead atoms. The normalized spacial score (nSPS) is 15.2. The lowest BCUT2D eigenvalue weighted by atomic mass is 9.80. The maximum atomic E-state index is 13.1.